The molecule has 0 aromatic heterocycles. The van der Waals surface area contributed by atoms with Crippen molar-refractivity contribution in [3.8, 4) is 0 Å². The highest BCUT2D eigenvalue weighted by Gasteiger charge is 2.29. The second-order valence-electron chi connectivity index (χ2n) is 6.63. The number of rotatable bonds is 8. The van der Waals surface area contributed by atoms with Crippen molar-refractivity contribution in [2.75, 3.05) is 13.1 Å². The summed E-state index contributed by atoms with van der Waals surface area (Å²) >= 11 is 0. The van der Waals surface area contributed by atoms with Crippen LogP contribution in [0.25, 0.3) is 10.8 Å². The summed E-state index contributed by atoms with van der Waals surface area (Å²) in [6, 6.07) is 14.1. The molecular formula is C20H25N3O2. The highest BCUT2D eigenvalue weighted by molar-refractivity contribution is 5.83. The Hall–Kier alpha value is -2.40. The standard InChI is InChI=1S/C20H25N3O2/c21-13-18(17-10-7-14-4-1-2-5-16(14)12-17)23-19(24)6-3-11-22-20(25)15-8-9-15/h1-2,4-5,7,10,12,15,18H,3,6,8-9,11,13,21H2,(H,22,25)(H,23,24). The number of amides is 2. The van der Waals surface area contributed by atoms with Gasteiger partial charge in [0.1, 0.15) is 0 Å². The average molecular weight is 339 g/mol. The van der Waals surface area contributed by atoms with Crippen molar-refractivity contribution < 1.29 is 9.59 Å². The van der Waals surface area contributed by atoms with Gasteiger partial charge in [0.05, 0.1) is 6.04 Å². The van der Waals surface area contributed by atoms with Crippen LogP contribution in [0.2, 0.25) is 0 Å². The summed E-state index contributed by atoms with van der Waals surface area (Å²) in [5.74, 6) is 0.295. The van der Waals surface area contributed by atoms with Crippen molar-refractivity contribution in [1.29, 1.82) is 0 Å². The van der Waals surface area contributed by atoms with E-state index in [9.17, 15) is 9.59 Å². The van der Waals surface area contributed by atoms with Crippen molar-refractivity contribution in [2.45, 2.75) is 31.7 Å². The van der Waals surface area contributed by atoms with Gasteiger partial charge in [-0.2, -0.15) is 0 Å². The van der Waals surface area contributed by atoms with Gasteiger partial charge in [-0.25, -0.2) is 0 Å². The Bertz CT molecular complexity index is 755. The van der Waals surface area contributed by atoms with E-state index in [1.807, 2.05) is 24.3 Å². The van der Waals surface area contributed by atoms with Crippen molar-refractivity contribution in [1.82, 2.24) is 10.6 Å². The monoisotopic (exact) mass is 339 g/mol. The van der Waals surface area contributed by atoms with Crippen LogP contribution < -0.4 is 16.4 Å². The van der Waals surface area contributed by atoms with Crippen LogP contribution >= 0.6 is 0 Å². The van der Waals surface area contributed by atoms with E-state index in [4.69, 9.17) is 5.73 Å². The first-order valence-electron chi connectivity index (χ1n) is 8.93. The molecule has 1 unspecified atom stereocenters. The van der Waals surface area contributed by atoms with Crippen molar-refractivity contribution in [3.63, 3.8) is 0 Å². The molecule has 0 radical (unpaired) electrons. The van der Waals surface area contributed by atoms with E-state index in [2.05, 4.69) is 28.8 Å². The van der Waals surface area contributed by atoms with Gasteiger partial charge in [0.15, 0.2) is 0 Å². The predicted molar refractivity (Wildman–Crippen MR) is 98.9 cm³/mol. The number of hydrogen-bond acceptors (Lipinski definition) is 3. The summed E-state index contributed by atoms with van der Waals surface area (Å²) in [6.45, 7) is 0.897. The summed E-state index contributed by atoms with van der Waals surface area (Å²) < 4.78 is 0. The Kier molecular flexibility index (Phi) is 5.66. The van der Waals surface area contributed by atoms with Crippen LogP contribution in [0.4, 0.5) is 0 Å². The number of nitrogens with two attached hydrogens (primary N) is 1. The van der Waals surface area contributed by atoms with Gasteiger partial charge < -0.3 is 16.4 Å². The van der Waals surface area contributed by atoms with Crippen LogP contribution in [-0.4, -0.2) is 24.9 Å². The predicted octanol–water partition coefficient (Wildman–Crippen LogP) is 2.26. The molecule has 25 heavy (non-hydrogen) atoms. The number of carbonyl (C=O) groups excluding carboxylic acids is 2. The molecule has 2 amide bonds. The number of carbonyl (C=O) groups is 2. The summed E-state index contributed by atoms with van der Waals surface area (Å²) in [6.07, 6.45) is 3.01. The smallest absolute Gasteiger partial charge is 0.223 e. The van der Waals surface area contributed by atoms with Crippen molar-refractivity contribution in [2.24, 2.45) is 11.7 Å². The molecule has 1 atom stereocenters. The molecule has 0 saturated heterocycles. The molecule has 1 fully saturated rings. The second-order valence-corrected chi connectivity index (χ2v) is 6.63. The molecule has 1 aliphatic carbocycles. The van der Waals surface area contributed by atoms with E-state index in [0.717, 1.165) is 23.8 Å². The first-order valence-corrected chi connectivity index (χ1v) is 8.93. The van der Waals surface area contributed by atoms with Gasteiger partial charge in [-0.05, 0) is 41.7 Å². The van der Waals surface area contributed by atoms with Gasteiger partial charge in [-0.1, -0.05) is 36.4 Å². The van der Waals surface area contributed by atoms with Crippen LogP contribution in [0.15, 0.2) is 42.5 Å². The quantitative estimate of drug-likeness (QED) is 0.645. The third kappa shape index (κ3) is 4.79. The van der Waals surface area contributed by atoms with Crippen LogP contribution in [0, 0.1) is 5.92 Å². The van der Waals surface area contributed by atoms with Crippen LogP contribution in [-0.2, 0) is 9.59 Å². The van der Waals surface area contributed by atoms with E-state index < -0.39 is 0 Å². The molecule has 0 bridgehead atoms. The van der Waals surface area contributed by atoms with E-state index in [0.29, 0.717) is 25.9 Å². The van der Waals surface area contributed by atoms with Gasteiger partial charge in [0.25, 0.3) is 0 Å². The molecule has 0 heterocycles. The number of fused-ring (bicyclic) bond motifs is 1. The Balaban J connectivity index is 1.49. The summed E-state index contributed by atoms with van der Waals surface area (Å²) in [7, 11) is 0. The summed E-state index contributed by atoms with van der Waals surface area (Å²) in [4.78, 5) is 23.7. The van der Waals surface area contributed by atoms with E-state index in [-0.39, 0.29) is 23.8 Å². The summed E-state index contributed by atoms with van der Waals surface area (Å²) in [5, 5.41) is 8.17. The van der Waals surface area contributed by atoms with Gasteiger partial charge in [0, 0.05) is 25.4 Å². The zero-order chi connectivity index (χ0) is 17.6. The minimum atomic E-state index is -0.196. The largest absolute Gasteiger partial charge is 0.356 e. The van der Waals surface area contributed by atoms with Gasteiger partial charge in [0.2, 0.25) is 11.8 Å². The summed E-state index contributed by atoms with van der Waals surface area (Å²) in [5.41, 5.74) is 6.87. The normalized spacial score (nSPS) is 14.9. The molecule has 5 heteroatoms. The molecule has 0 aliphatic heterocycles. The lowest BCUT2D eigenvalue weighted by molar-refractivity contribution is -0.123. The molecule has 0 spiro atoms. The van der Waals surface area contributed by atoms with Crippen molar-refractivity contribution in [3.05, 3.63) is 48.0 Å². The Morgan fingerprint density at radius 3 is 2.60 bits per heavy atom. The highest BCUT2D eigenvalue weighted by atomic mass is 16.2. The molecule has 2 aromatic carbocycles. The average Bonchev–Trinajstić information content (AvgIpc) is 3.48. The maximum absolute atomic E-state index is 12.2. The topological polar surface area (TPSA) is 84.2 Å². The lowest BCUT2D eigenvalue weighted by Gasteiger charge is -2.18. The fourth-order valence-corrected chi connectivity index (χ4v) is 2.92. The van der Waals surface area contributed by atoms with E-state index in [1.165, 1.54) is 5.39 Å². The van der Waals surface area contributed by atoms with Gasteiger partial charge >= 0.3 is 0 Å². The van der Waals surface area contributed by atoms with E-state index in [1.54, 1.807) is 0 Å². The third-order valence-electron chi connectivity index (χ3n) is 4.57. The Morgan fingerprint density at radius 1 is 1.12 bits per heavy atom. The zero-order valence-corrected chi connectivity index (χ0v) is 14.3. The number of benzene rings is 2. The van der Waals surface area contributed by atoms with Crippen LogP contribution in [0.3, 0.4) is 0 Å². The molecular weight excluding hydrogens is 314 g/mol. The Morgan fingerprint density at radius 2 is 1.88 bits per heavy atom. The number of hydrogen-bond donors (Lipinski definition) is 3. The number of nitrogens with one attached hydrogen (secondary N) is 2. The molecule has 3 rings (SSSR count). The van der Waals surface area contributed by atoms with Crippen molar-refractivity contribution >= 4 is 22.6 Å². The first kappa shape index (κ1) is 17.4. The lowest BCUT2D eigenvalue weighted by Crippen LogP contribution is -2.34. The fourth-order valence-electron chi connectivity index (χ4n) is 2.92. The lowest BCUT2D eigenvalue weighted by atomic mass is 10.0. The maximum atomic E-state index is 12.2. The first-order chi connectivity index (χ1) is 12.2. The molecule has 4 N–H and O–H groups in total. The molecule has 1 aliphatic rings. The minimum Gasteiger partial charge on any atom is -0.356 e. The highest BCUT2D eigenvalue weighted by Crippen LogP contribution is 2.28. The van der Waals surface area contributed by atoms with Crippen LogP contribution in [0.5, 0.6) is 0 Å². The molecule has 1 saturated carbocycles. The van der Waals surface area contributed by atoms with Crippen LogP contribution in [0.1, 0.15) is 37.3 Å². The second kappa shape index (κ2) is 8.12. The molecule has 132 valence electrons. The van der Waals surface area contributed by atoms with E-state index >= 15 is 0 Å². The minimum absolute atomic E-state index is 0.0377. The Labute approximate surface area is 148 Å². The molecule has 2 aromatic rings. The zero-order valence-electron chi connectivity index (χ0n) is 14.3. The third-order valence-corrected chi connectivity index (χ3v) is 4.57. The van der Waals surface area contributed by atoms with Gasteiger partial charge in [-0.3, -0.25) is 9.59 Å². The fraction of sp³-hybridized carbons (Fsp3) is 0.400. The SMILES string of the molecule is NCC(NC(=O)CCCNC(=O)C1CC1)c1ccc2ccccc2c1. The van der Waals surface area contributed by atoms with Gasteiger partial charge in [-0.15, -0.1) is 0 Å². The molecule has 5 nitrogen and oxygen atoms in total. The maximum Gasteiger partial charge on any atom is 0.223 e.